The Bertz CT molecular complexity index is 858. The number of ether oxygens (including phenoxy) is 3. The number of rotatable bonds is 5. The molecule has 1 atom stereocenters. The van der Waals surface area contributed by atoms with Crippen LogP contribution in [0.3, 0.4) is 0 Å². The highest BCUT2D eigenvalue weighted by Gasteiger charge is 2.34. The first kappa shape index (κ1) is 25.8. The van der Waals surface area contributed by atoms with Crippen LogP contribution in [0.25, 0.3) is 0 Å². The molecule has 3 rings (SSSR count). The lowest BCUT2D eigenvalue weighted by atomic mass is 10.1. The van der Waals surface area contributed by atoms with E-state index >= 15 is 0 Å². The molecule has 1 aromatic rings. The molecular weight excluding hydrogens is 464 g/mol. The summed E-state index contributed by atoms with van der Waals surface area (Å²) in [7, 11) is 0. The van der Waals surface area contributed by atoms with Crippen molar-refractivity contribution < 1.29 is 23.8 Å². The Morgan fingerprint density at radius 3 is 2.70 bits per heavy atom. The number of amides is 2. The zero-order valence-electron chi connectivity index (χ0n) is 20.2. The van der Waals surface area contributed by atoms with Crippen LogP contribution >= 0.6 is 23.4 Å². The van der Waals surface area contributed by atoms with Gasteiger partial charge in [0.1, 0.15) is 10.9 Å². The number of carbonyl (C=O) groups is 2. The van der Waals surface area contributed by atoms with Crippen molar-refractivity contribution in [3.63, 3.8) is 0 Å². The molecule has 9 heteroatoms. The van der Waals surface area contributed by atoms with Gasteiger partial charge in [-0.2, -0.15) is 0 Å². The van der Waals surface area contributed by atoms with Gasteiger partial charge in [0.2, 0.25) is 5.91 Å². The van der Waals surface area contributed by atoms with E-state index in [-0.39, 0.29) is 17.3 Å². The third-order valence-electron chi connectivity index (χ3n) is 5.13. The van der Waals surface area contributed by atoms with E-state index in [1.807, 2.05) is 37.8 Å². The average Bonchev–Trinajstić information content (AvgIpc) is 2.97. The van der Waals surface area contributed by atoms with Gasteiger partial charge >= 0.3 is 6.09 Å². The fourth-order valence-corrected chi connectivity index (χ4v) is 5.24. The van der Waals surface area contributed by atoms with Crippen molar-refractivity contribution in [3.8, 4) is 11.5 Å². The molecule has 184 valence electrons. The number of halogens is 1. The van der Waals surface area contributed by atoms with E-state index in [2.05, 4.69) is 13.8 Å². The van der Waals surface area contributed by atoms with Gasteiger partial charge in [-0.15, -0.1) is 11.8 Å². The van der Waals surface area contributed by atoms with E-state index in [0.29, 0.717) is 67.6 Å². The Morgan fingerprint density at radius 2 is 2.00 bits per heavy atom. The third kappa shape index (κ3) is 7.34. The number of benzene rings is 1. The number of hydrogen-bond donors (Lipinski definition) is 0. The van der Waals surface area contributed by atoms with Crippen molar-refractivity contribution in [2.24, 2.45) is 5.92 Å². The van der Waals surface area contributed by atoms with Crippen LogP contribution in [-0.4, -0.2) is 71.3 Å². The molecule has 0 aromatic heterocycles. The summed E-state index contributed by atoms with van der Waals surface area (Å²) in [6.07, 6.45) is 0.427. The molecule has 0 radical (unpaired) electrons. The molecule has 7 nitrogen and oxygen atoms in total. The maximum atomic E-state index is 13.6. The second-order valence-corrected chi connectivity index (χ2v) is 11.6. The van der Waals surface area contributed by atoms with Crippen molar-refractivity contribution in [2.45, 2.75) is 58.4 Å². The zero-order valence-corrected chi connectivity index (χ0v) is 21.8. The van der Waals surface area contributed by atoms with Crippen LogP contribution in [0.15, 0.2) is 12.1 Å². The van der Waals surface area contributed by atoms with Crippen molar-refractivity contribution >= 4 is 35.4 Å². The van der Waals surface area contributed by atoms with Gasteiger partial charge in [-0.3, -0.25) is 4.79 Å². The van der Waals surface area contributed by atoms with Gasteiger partial charge in [0.15, 0.2) is 11.5 Å². The number of nitrogens with zero attached hydrogens (tertiary/aromatic N) is 2. The van der Waals surface area contributed by atoms with Crippen molar-refractivity contribution in [3.05, 3.63) is 22.7 Å². The van der Waals surface area contributed by atoms with Gasteiger partial charge in [-0.25, -0.2) is 4.79 Å². The highest BCUT2D eigenvalue weighted by molar-refractivity contribution is 8.00. The molecule has 2 heterocycles. The molecule has 2 amide bonds. The molecular formula is C24H35ClN2O5S. The summed E-state index contributed by atoms with van der Waals surface area (Å²) in [5.74, 6) is 2.19. The topological polar surface area (TPSA) is 68.3 Å². The van der Waals surface area contributed by atoms with Gasteiger partial charge in [-0.05, 0) is 44.4 Å². The molecule has 1 saturated heterocycles. The lowest BCUT2D eigenvalue weighted by Crippen LogP contribution is -2.50. The van der Waals surface area contributed by atoms with Gasteiger partial charge in [-0.1, -0.05) is 25.4 Å². The fourth-order valence-electron chi connectivity index (χ4n) is 3.76. The maximum Gasteiger partial charge on any atom is 0.410 e. The summed E-state index contributed by atoms with van der Waals surface area (Å²) in [5.41, 5.74) is 0.324. The van der Waals surface area contributed by atoms with Crippen LogP contribution in [0.2, 0.25) is 5.02 Å². The standard InChI is InChI=1S/C24H35ClN2O5S/c1-16(2)13-27(14-17-11-18(25)21-19(12-17)30-8-6-9-31-21)22(28)20-15-26(7-10-33-20)23(29)32-24(3,4)5/h11-12,16,20H,6-10,13-15H2,1-5H3. The Balaban J connectivity index is 1.74. The van der Waals surface area contributed by atoms with Crippen LogP contribution in [0.4, 0.5) is 4.79 Å². The number of carbonyl (C=O) groups excluding carboxylic acids is 2. The van der Waals surface area contributed by atoms with Crippen LogP contribution in [-0.2, 0) is 16.1 Å². The van der Waals surface area contributed by atoms with Gasteiger partial charge < -0.3 is 24.0 Å². The Hall–Kier alpha value is -1.80. The van der Waals surface area contributed by atoms with E-state index in [9.17, 15) is 9.59 Å². The smallest absolute Gasteiger partial charge is 0.410 e. The Labute approximate surface area is 206 Å². The van der Waals surface area contributed by atoms with E-state index in [0.717, 1.165) is 12.0 Å². The summed E-state index contributed by atoms with van der Waals surface area (Å²) >= 11 is 8.07. The second kappa shape index (κ2) is 11.1. The fraction of sp³-hybridized carbons (Fsp3) is 0.667. The summed E-state index contributed by atoms with van der Waals surface area (Å²) in [6.45, 7) is 12.8. The molecule has 1 fully saturated rings. The van der Waals surface area contributed by atoms with Crippen molar-refractivity contribution in [2.75, 3.05) is 38.6 Å². The maximum absolute atomic E-state index is 13.6. The highest BCUT2D eigenvalue weighted by atomic mass is 35.5. The predicted octanol–water partition coefficient (Wildman–Crippen LogP) is 4.84. The average molecular weight is 499 g/mol. The van der Waals surface area contributed by atoms with Crippen LogP contribution in [0.5, 0.6) is 11.5 Å². The minimum Gasteiger partial charge on any atom is -0.489 e. The monoisotopic (exact) mass is 498 g/mol. The quantitative estimate of drug-likeness (QED) is 0.578. The molecule has 2 aliphatic rings. The summed E-state index contributed by atoms with van der Waals surface area (Å²) in [5, 5.41) is 0.158. The zero-order chi connectivity index (χ0) is 24.2. The molecule has 2 aliphatic heterocycles. The van der Waals surface area contributed by atoms with Crippen LogP contribution in [0.1, 0.15) is 46.6 Å². The molecule has 0 saturated carbocycles. The second-order valence-electron chi connectivity index (χ2n) is 9.85. The minimum absolute atomic E-state index is 0.0187. The molecule has 0 N–H and O–H groups in total. The largest absolute Gasteiger partial charge is 0.489 e. The van der Waals surface area contributed by atoms with Gasteiger partial charge in [0, 0.05) is 38.4 Å². The van der Waals surface area contributed by atoms with Crippen LogP contribution in [0, 0.1) is 5.92 Å². The Kier molecular flexibility index (Phi) is 8.67. The lowest BCUT2D eigenvalue weighted by molar-refractivity contribution is -0.132. The number of thioether (sulfide) groups is 1. The lowest BCUT2D eigenvalue weighted by Gasteiger charge is -2.36. The predicted molar refractivity (Wildman–Crippen MR) is 131 cm³/mol. The SMILES string of the molecule is CC(C)CN(Cc1cc(Cl)c2c(c1)OCCCO2)C(=O)C1CN(C(=O)OC(C)(C)C)CCS1. The normalized spacial score (nSPS) is 18.6. The first-order chi connectivity index (χ1) is 15.5. The first-order valence-corrected chi connectivity index (χ1v) is 12.9. The molecule has 1 aromatic carbocycles. The third-order valence-corrected chi connectivity index (χ3v) is 6.58. The number of hydrogen-bond acceptors (Lipinski definition) is 6. The minimum atomic E-state index is -0.568. The summed E-state index contributed by atoms with van der Waals surface area (Å²) in [6, 6.07) is 3.75. The van der Waals surface area contributed by atoms with Crippen molar-refractivity contribution in [1.29, 1.82) is 0 Å². The van der Waals surface area contributed by atoms with E-state index in [4.69, 9.17) is 25.8 Å². The van der Waals surface area contributed by atoms with E-state index < -0.39 is 5.60 Å². The van der Waals surface area contributed by atoms with E-state index in [1.165, 1.54) is 0 Å². The number of fused-ring (bicyclic) bond motifs is 1. The molecule has 0 bridgehead atoms. The van der Waals surface area contributed by atoms with Gasteiger partial charge in [0.25, 0.3) is 0 Å². The van der Waals surface area contributed by atoms with Crippen LogP contribution < -0.4 is 9.47 Å². The molecule has 33 heavy (non-hydrogen) atoms. The summed E-state index contributed by atoms with van der Waals surface area (Å²) < 4.78 is 17.1. The van der Waals surface area contributed by atoms with E-state index in [1.54, 1.807) is 16.7 Å². The summed E-state index contributed by atoms with van der Waals surface area (Å²) in [4.78, 5) is 29.6. The first-order valence-electron chi connectivity index (χ1n) is 11.5. The molecule has 0 aliphatic carbocycles. The molecule has 1 unspecified atom stereocenters. The van der Waals surface area contributed by atoms with Crippen molar-refractivity contribution in [1.82, 2.24) is 9.80 Å². The molecule has 0 spiro atoms. The Morgan fingerprint density at radius 1 is 1.27 bits per heavy atom. The highest BCUT2D eigenvalue weighted by Crippen LogP contribution is 2.38. The van der Waals surface area contributed by atoms with Gasteiger partial charge in [0.05, 0.1) is 18.2 Å².